The van der Waals surface area contributed by atoms with Gasteiger partial charge < -0.3 is 36.4 Å². The Hall–Kier alpha value is -4.88. The highest BCUT2D eigenvalue weighted by molar-refractivity contribution is 5.84. The van der Waals surface area contributed by atoms with Gasteiger partial charge in [0.05, 0.1) is 19.6 Å². The summed E-state index contributed by atoms with van der Waals surface area (Å²) in [5.41, 5.74) is 14.7. The number of aromatic nitrogens is 5. The highest BCUT2D eigenvalue weighted by Crippen LogP contribution is 2.25. The number of fused-ring (bicyclic) bond motifs is 2. The van der Waals surface area contributed by atoms with Gasteiger partial charge in [0.2, 0.25) is 6.41 Å². The second kappa shape index (κ2) is 12.2. The molecule has 4 rings (SSSR count). The van der Waals surface area contributed by atoms with Crippen molar-refractivity contribution < 1.29 is 24.0 Å². The van der Waals surface area contributed by atoms with Gasteiger partial charge in [0.15, 0.2) is 34.3 Å². The summed E-state index contributed by atoms with van der Waals surface area (Å²) < 4.78 is 10.1. The Labute approximate surface area is 212 Å². The van der Waals surface area contributed by atoms with E-state index in [0.29, 0.717) is 49.0 Å². The SMILES string of the molecule is CCn1c(CN(C=O)c2nc3cc[nH]c3nc2N)[n+](CC)c2ccc(OCCNC(=N)N)cc21.O=C[O-]. The van der Waals surface area contributed by atoms with E-state index in [1.165, 1.54) is 4.90 Å². The lowest BCUT2D eigenvalue weighted by Crippen LogP contribution is -2.40. The molecule has 3 aromatic heterocycles. The Morgan fingerprint density at radius 3 is 2.73 bits per heavy atom. The van der Waals surface area contributed by atoms with Crippen molar-refractivity contribution in [3.8, 4) is 5.75 Å². The number of carboxylic acid groups (broad SMARTS) is 1. The molecule has 0 saturated heterocycles. The van der Waals surface area contributed by atoms with Crippen molar-refractivity contribution in [2.24, 2.45) is 5.73 Å². The number of guanidine groups is 1. The van der Waals surface area contributed by atoms with E-state index < -0.39 is 6.47 Å². The van der Waals surface area contributed by atoms with E-state index in [1.54, 1.807) is 12.3 Å². The Morgan fingerprint density at radius 2 is 2.08 bits per heavy atom. The standard InChI is InChI=1S/C22H29N10O2.CH2O2/c1-3-31-16-6-5-14(34-10-9-27-22(24)25)11-17(16)32(4-2)18(31)12-30(13-33)21-19(23)29-20-15(28-21)7-8-26-20;2-1-3/h5-8,11,13H,3-4,9-10,12H2,1-2H3,(H3,23,26,29)(H4,24,25,27);1H,(H,2,3)/q+1;/p-1. The van der Waals surface area contributed by atoms with Gasteiger partial charge in [-0.3, -0.25) is 15.1 Å². The van der Waals surface area contributed by atoms with Gasteiger partial charge in [-0.1, -0.05) is 0 Å². The van der Waals surface area contributed by atoms with Crippen molar-refractivity contribution in [3.63, 3.8) is 0 Å². The van der Waals surface area contributed by atoms with Gasteiger partial charge in [0.1, 0.15) is 24.4 Å². The number of rotatable bonds is 10. The number of ether oxygens (including phenoxy) is 1. The van der Waals surface area contributed by atoms with Crippen LogP contribution in [0.2, 0.25) is 0 Å². The predicted molar refractivity (Wildman–Crippen MR) is 136 cm³/mol. The Balaban J connectivity index is 0.00000121. The highest BCUT2D eigenvalue weighted by Gasteiger charge is 2.27. The highest BCUT2D eigenvalue weighted by atomic mass is 16.5. The average Bonchev–Trinajstić information content (AvgIpc) is 3.45. The molecular weight excluding hydrogens is 480 g/mol. The Morgan fingerprint density at radius 1 is 1.32 bits per heavy atom. The minimum absolute atomic E-state index is 0.0896. The van der Waals surface area contributed by atoms with E-state index in [9.17, 15) is 4.79 Å². The van der Waals surface area contributed by atoms with E-state index in [1.807, 2.05) is 18.2 Å². The van der Waals surface area contributed by atoms with Crippen molar-refractivity contribution in [3.05, 3.63) is 36.3 Å². The first-order valence-corrected chi connectivity index (χ1v) is 11.5. The van der Waals surface area contributed by atoms with Crippen LogP contribution in [0.3, 0.4) is 0 Å². The van der Waals surface area contributed by atoms with Crippen LogP contribution in [0.15, 0.2) is 30.5 Å². The van der Waals surface area contributed by atoms with E-state index in [4.69, 9.17) is 31.5 Å². The molecule has 1 aromatic carbocycles. The largest absolute Gasteiger partial charge is 0.554 e. The van der Waals surface area contributed by atoms with Crippen molar-refractivity contribution >= 4 is 52.7 Å². The molecule has 0 unspecified atom stereocenters. The number of H-pyrrole nitrogens is 1. The molecule has 4 aromatic rings. The molecule has 14 heteroatoms. The lowest BCUT2D eigenvalue weighted by atomic mass is 10.3. The number of carbonyl (C=O) groups is 2. The maximum Gasteiger partial charge on any atom is 0.277 e. The normalized spacial score (nSPS) is 10.5. The molecule has 7 N–H and O–H groups in total. The minimum Gasteiger partial charge on any atom is -0.554 e. The Bertz CT molecular complexity index is 1400. The number of benzene rings is 1. The topological polar surface area (TPSA) is 208 Å². The maximum atomic E-state index is 12.1. The fourth-order valence-corrected chi connectivity index (χ4v) is 4.09. The van der Waals surface area contributed by atoms with Crippen molar-refractivity contribution in [2.45, 2.75) is 33.5 Å². The van der Waals surface area contributed by atoms with Crippen LogP contribution < -0.4 is 36.1 Å². The smallest absolute Gasteiger partial charge is 0.277 e. The molecule has 14 nitrogen and oxygen atoms in total. The van der Waals surface area contributed by atoms with Gasteiger partial charge in [0, 0.05) is 18.7 Å². The first-order valence-electron chi connectivity index (χ1n) is 11.5. The number of aryl methyl sites for hydroxylation is 2. The number of hydrogen-bond donors (Lipinski definition) is 5. The average molecular weight is 511 g/mol. The summed E-state index contributed by atoms with van der Waals surface area (Å²) in [5.74, 6) is 2.05. The molecule has 0 spiro atoms. The zero-order valence-electron chi connectivity index (χ0n) is 20.6. The summed E-state index contributed by atoms with van der Waals surface area (Å²) in [6.45, 7) is 6.10. The third-order valence-corrected chi connectivity index (χ3v) is 5.57. The van der Waals surface area contributed by atoms with Gasteiger partial charge in [-0.2, -0.15) is 0 Å². The number of nitrogens with one attached hydrogen (secondary N) is 3. The second-order valence-corrected chi connectivity index (χ2v) is 7.72. The van der Waals surface area contributed by atoms with Crippen molar-refractivity contribution in [1.82, 2.24) is 24.8 Å². The monoisotopic (exact) mass is 510 g/mol. The summed E-state index contributed by atoms with van der Waals surface area (Å²) in [5, 5.41) is 18.2. The van der Waals surface area contributed by atoms with Crippen LogP contribution in [0.25, 0.3) is 22.2 Å². The number of nitrogens with two attached hydrogens (primary N) is 2. The molecule has 0 aliphatic carbocycles. The van der Waals surface area contributed by atoms with Crippen LogP contribution in [-0.4, -0.2) is 51.5 Å². The van der Waals surface area contributed by atoms with Gasteiger partial charge >= 0.3 is 0 Å². The van der Waals surface area contributed by atoms with Crippen LogP contribution in [-0.2, 0) is 29.2 Å². The predicted octanol–water partition coefficient (Wildman–Crippen LogP) is -0.787. The molecule has 0 saturated carbocycles. The van der Waals surface area contributed by atoms with Crippen LogP contribution in [0.5, 0.6) is 5.75 Å². The molecule has 3 heterocycles. The van der Waals surface area contributed by atoms with Crippen LogP contribution in [0.4, 0.5) is 11.6 Å². The van der Waals surface area contributed by atoms with Gasteiger partial charge in [-0.15, -0.1) is 0 Å². The van der Waals surface area contributed by atoms with Gasteiger partial charge in [0.25, 0.3) is 5.82 Å². The number of amides is 1. The number of nitrogen functional groups attached to an aromatic ring is 1. The van der Waals surface area contributed by atoms with Crippen molar-refractivity contribution in [1.29, 1.82) is 5.41 Å². The third-order valence-electron chi connectivity index (χ3n) is 5.57. The number of hydrogen-bond acceptors (Lipinski definition) is 8. The van der Waals surface area contributed by atoms with Gasteiger partial charge in [-0.05, 0) is 32.0 Å². The number of nitrogens with zero attached hydrogens (tertiary/aromatic N) is 5. The molecular formula is C23H30N10O4. The fraction of sp³-hybridized carbons (Fsp3) is 0.304. The van der Waals surface area contributed by atoms with Crippen LogP contribution in [0, 0.1) is 5.41 Å². The van der Waals surface area contributed by atoms with Crippen LogP contribution >= 0.6 is 0 Å². The molecule has 196 valence electrons. The summed E-state index contributed by atoms with van der Waals surface area (Å²) in [6.07, 6.45) is 2.46. The quantitative estimate of drug-likeness (QED) is 0.0594. The van der Waals surface area contributed by atoms with E-state index in [0.717, 1.165) is 23.3 Å². The summed E-state index contributed by atoms with van der Waals surface area (Å²) >= 11 is 0. The lowest BCUT2D eigenvalue weighted by Gasteiger charge is -2.16. The number of aromatic amines is 1. The molecule has 0 radical (unpaired) electrons. The second-order valence-electron chi connectivity index (χ2n) is 7.72. The molecule has 0 fully saturated rings. The third kappa shape index (κ3) is 5.86. The first kappa shape index (κ1) is 26.7. The number of anilines is 2. The summed E-state index contributed by atoms with van der Waals surface area (Å²) in [7, 11) is 0. The fourth-order valence-electron chi connectivity index (χ4n) is 4.09. The van der Waals surface area contributed by atoms with Crippen molar-refractivity contribution in [2.75, 3.05) is 23.8 Å². The lowest BCUT2D eigenvalue weighted by molar-refractivity contribution is -0.676. The van der Waals surface area contributed by atoms with Gasteiger partial charge in [-0.25, -0.2) is 19.1 Å². The number of imidazole rings is 1. The number of carbonyl (C=O) groups excluding carboxylic acids is 2. The summed E-state index contributed by atoms with van der Waals surface area (Å²) in [6, 6.07) is 7.69. The Kier molecular flexibility index (Phi) is 8.81. The molecule has 0 atom stereocenters. The molecule has 37 heavy (non-hydrogen) atoms. The first-order chi connectivity index (χ1) is 17.9. The molecule has 1 amide bonds. The molecule has 0 aliphatic rings. The van der Waals surface area contributed by atoms with E-state index in [2.05, 4.69) is 43.3 Å². The molecule has 0 bridgehead atoms. The minimum atomic E-state index is -0.500. The molecule has 0 aliphatic heterocycles. The maximum absolute atomic E-state index is 12.1. The van der Waals surface area contributed by atoms with E-state index >= 15 is 0 Å². The summed E-state index contributed by atoms with van der Waals surface area (Å²) in [4.78, 5) is 33.7. The zero-order chi connectivity index (χ0) is 26.9. The van der Waals surface area contributed by atoms with Crippen LogP contribution in [0.1, 0.15) is 19.7 Å². The zero-order valence-corrected chi connectivity index (χ0v) is 20.6. The van der Waals surface area contributed by atoms with E-state index in [-0.39, 0.29) is 18.3 Å².